The second-order valence-corrected chi connectivity index (χ2v) is 6.17. The summed E-state index contributed by atoms with van der Waals surface area (Å²) < 4.78 is 27.0. The van der Waals surface area contributed by atoms with Gasteiger partial charge in [0, 0.05) is 24.8 Å². The minimum atomic E-state index is -2.76. The van der Waals surface area contributed by atoms with E-state index >= 15 is 0 Å². The van der Waals surface area contributed by atoms with E-state index in [0.29, 0.717) is 0 Å². The van der Waals surface area contributed by atoms with E-state index in [2.05, 4.69) is 15.5 Å². The second kappa shape index (κ2) is 7.21. The molecule has 0 radical (unpaired) electrons. The Labute approximate surface area is 137 Å². The highest BCUT2D eigenvalue weighted by molar-refractivity contribution is 5.94. The first-order valence-corrected chi connectivity index (χ1v) is 8.14. The number of aromatic nitrogens is 3. The van der Waals surface area contributed by atoms with Crippen LogP contribution < -0.4 is 5.32 Å². The summed E-state index contributed by atoms with van der Waals surface area (Å²) in [6, 6.07) is 2.93. The maximum absolute atomic E-state index is 12.9. The summed E-state index contributed by atoms with van der Waals surface area (Å²) in [6.07, 6.45) is 3.39. The van der Waals surface area contributed by atoms with Crippen LogP contribution >= 0.6 is 0 Å². The number of aliphatic hydroxyl groups is 1. The summed E-state index contributed by atoms with van der Waals surface area (Å²) in [5.74, 6) is -0.787. The summed E-state index contributed by atoms with van der Waals surface area (Å²) in [5.41, 5.74) is 0.537. The number of alkyl halides is 2. The molecule has 24 heavy (non-hydrogen) atoms. The van der Waals surface area contributed by atoms with Gasteiger partial charge in [-0.1, -0.05) is 19.3 Å². The molecule has 3 rings (SSSR count). The Morgan fingerprint density at radius 3 is 2.83 bits per heavy atom. The van der Waals surface area contributed by atoms with Crippen molar-refractivity contribution >= 4 is 11.6 Å². The Morgan fingerprint density at radius 1 is 1.29 bits per heavy atom. The number of pyridine rings is 1. The van der Waals surface area contributed by atoms with Crippen molar-refractivity contribution in [3.8, 4) is 0 Å². The van der Waals surface area contributed by atoms with Crippen molar-refractivity contribution in [2.24, 2.45) is 5.92 Å². The van der Waals surface area contributed by atoms with E-state index < -0.39 is 12.2 Å². The molecule has 2 aromatic rings. The smallest absolute Gasteiger partial charge is 0.297 e. The number of carbonyl (C=O) groups excluding carboxylic acids is 1. The first kappa shape index (κ1) is 16.8. The fourth-order valence-electron chi connectivity index (χ4n) is 3.24. The number of aliphatic hydroxyl groups excluding tert-OH is 1. The molecule has 130 valence electrons. The Kier molecular flexibility index (Phi) is 5.03. The third-order valence-corrected chi connectivity index (χ3v) is 4.60. The predicted molar refractivity (Wildman–Crippen MR) is 82.9 cm³/mol. The number of nitrogens with one attached hydrogen (secondary N) is 1. The quantitative estimate of drug-likeness (QED) is 0.839. The van der Waals surface area contributed by atoms with Crippen molar-refractivity contribution in [2.45, 2.75) is 44.6 Å². The topological polar surface area (TPSA) is 79.5 Å². The molecule has 2 unspecified atom stereocenters. The SMILES string of the molecule is O=C(NC1CCCCCC1CO)c1ccc2nnc(C(F)F)n2c1. The van der Waals surface area contributed by atoms with Crippen LogP contribution in [0.5, 0.6) is 0 Å². The van der Waals surface area contributed by atoms with Crippen molar-refractivity contribution in [1.82, 2.24) is 19.9 Å². The van der Waals surface area contributed by atoms with Gasteiger partial charge in [0.1, 0.15) is 0 Å². The van der Waals surface area contributed by atoms with Gasteiger partial charge in [-0.2, -0.15) is 0 Å². The molecule has 2 atom stereocenters. The third kappa shape index (κ3) is 3.38. The lowest BCUT2D eigenvalue weighted by Crippen LogP contribution is -2.41. The predicted octanol–water partition coefficient (Wildman–Crippen LogP) is 2.34. The molecular weight excluding hydrogens is 318 g/mol. The van der Waals surface area contributed by atoms with Gasteiger partial charge in [-0.3, -0.25) is 9.20 Å². The van der Waals surface area contributed by atoms with Gasteiger partial charge in [0.15, 0.2) is 5.65 Å². The van der Waals surface area contributed by atoms with Crippen LogP contribution in [-0.4, -0.2) is 38.3 Å². The normalized spacial score (nSPS) is 21.8. The molecule has 0 aromatic carbocycles. The number of nitrogens with zero attached hydrogens (tertiary/aromatic N) is 3. The molecule has 0 spiro atoms. The maximum Gasteiger partial charge on any atom is 0.297 e. The first-order chi connectivity index (χ1) is 11.6. The van der Waals surface area contributed by atoms with Gasteiger partial charge in [-0.05, 0) is 25.0 Å². The van der Waals surface area contributed by atoms with Crippen molar-refractivity contribution < 1.29 is 18.7 Å². The minimum absolute atomic E-state index is 0.0327. The lowest BCUT2D eigenvalue weighted by molar-refractivity contribution is 0.0898. The Bertz CT molecular complexity index is 719. The minimum Gasteiger partial charge on any atom is -0.396 e. The van der Waals surface area contributed by atoms with Crippen LogP contribution in [0.3, 0.4) is 0 Å². The molecule has 1 amide bonds. The number of rotatable bonds is 4. The zero-order chi connectivity index (χ0) is 17.1. The van der Waals surface area contributed by atoms with E-state index in [9.17, 15) is 18.7 Å². The van der Waals surface area contributed by atoms with Gasteiger partial charge in [-0.15, -0.1) is 10.2 Å². The van der Waals surface area contributed by atoms with Gasteiger partial charge in [0.05, 0.1) is 5.56 Å². The molecular formula is C16H20F2N4O2. The van der Waals surface area contributed by atoms with Crippen LogP contribution in [0.1, 0.15) is 54.7 Å². The van der Waals surface area contributed by atoms with E-state index in [4.69, 9.17) is 0 Å². The van der Waals surface area contributed by atoms with Gasteiger partial charge in [0.2, 0.25) is 5.82 Å². The largest absolute Gasteiger partial charge is 0.396 e. The van der Waals surface area contributed by atoms with E-state index in [1.54, 1.807) is 6.07 Å². The van der Waals surface area contributed by atoms with Gasteiger partial charge < -0.3 is 10.4 Å². The fourth-order valence-corrected chi connectivity index (χ4v) is 3.24. The maximum atomic E-state index is 12.9. The molecule has 1 fully saturated rings. The van der Waals surface area contributed by atoms with Gasteiger partial charge >= 0.3 is 0 Å². The lowest BCUT2D eigenvalue weighted by atomic mass is 9.95. The summed E-state index contributed by atoms with van der Waals surface area (Å²) in [6.45, 7) is 0.0327. The van der Waals surface area contributed by atoms with Crippen LogP contribution in [0.2, 0.25) is 0 Å². The fraction of sp³-hybridized carbons (Fsp3) is 0.562. The molecule has 0 saturated heterocycles. The Morgan fingerprint density at radius 2 is 2.08 bits per heavy atom. The number of fused-ring (bicyclic) bond motifs is 1. The zero-order valence-corrected chi connectivity index (χ0v) is 13.2. The first-order valence-electron chi connectivity index (χ1n) is 8.14. The van der Waals surface area contributed by atoms with Gasteiger partial charge in [-0.25, -0.2) is 8.78 Å². The van der Waals surface area contributed by atoms with Crippen LogP contribution in [-0.2, 0) is 0 Å². The van der Waals surface area contributed by atoms with Crippen molar-refractivity contribution in [1.29, 1.82) is 0 Å². The number of hydrogen-bond donors (Lipinski definition) is 2. The Balaban J connectivity index is 1.81. The Hall–Kier alpha value is -2.09. The summed E-state index contributed by atoms with van der Waals surface area (Å²) >= 11 is 0. The third-order valence-electron chi connectivity index (χ3n) is 4.60. The molecule has 6 nitrogen and oxygen atoms in total. The number of amides is 1. The average molecular weight is 338 g/mol. The number of hydrogen-bond acceptors (Lipinski definition) is 4. The molecule has 0 aliphatic heterocycles. The van der Waals surface area contributed by atoms with Crippen LogP contribution in [0.25, 0.3) is 5.65 Å². The molecule has 2 aromatic heterocycles. The molecule has 2 heterocycles. The van der Waals surface area contributed by atoms with Crippen LogP contribution in [0.15, 0.2) is 18.3 Å². The van der Waals surface area contributed by atoms with Gasteiger partial charge in [0.25, 0.3) is 12.3 Å². The van der Waals surface area contributed by atoms with Crippen molar-refractivity contribution in [3.05, 3.63) is 29.7 Å². The highest BCUT2D eigenvalue weighted by atomic mass is 19.3. The second-order valence-electron chi connectivity index (χ2n) is 6.17. The van der Waals surface area contributed by atoms with E-state index in [-0.39, 0.29) is 35.7 Å². The monoisotopic (exact) mass is 338 g/mol. The van der Waals surface area contributed by atoms with Crippen molar-refractivity contribution in [3.63, 3.8) is 0 Å². The molecule has 1 aliphatic carbocycles. The summed E-state index contributed by atoms with van der Waals surface area (Å²) in [5, 5.41) is 19.6. The molecule has 0 bridgehead atoms. The molecule has 1 aliphatic rings. The highest BCUT2D eigenvalue weighted by Gasteiger charge is 2.25. The van der Waals surface area contributed by atoms with E-state index in [0.717, 1.165) is 36.5 Å². The van der Waals surface area contributed by atoms with Crippen LogP contribution in [0, 0.1) is 5.92 Å². The number of carbonyl (C=O) groups is 1. The molecule has 8 heteroatoms. The standard InChI is InChI=1S/C16H20F2N4O2/c17-14(18)15-21-20-13-7-6-10(8-22(13)15)16(24)19-12-5-3-1-2-4-11(12)9-23/h6-8,11-12,14,23H,1-5,9H2,(H,19,24). The summed E-state index contributed by atoms with van der Waals surface area (Å²) in [4.78, 5) is 12.5. The zero-order valence-electron chi connectivity index (χ0n) is 13.2. The highest BCUT2D eigenvalue weighted by Crippen LogP contribution is 2.24. The molecule has 1 saturated carbocycles. The molecule has 2 N–H and O–H groups in total. The van der Waals surface area contributed by atoms with Crippen LogP contribution in [0.4, 0.5) is 8.78 Å². The summed E-state index contributed by atoms with van der Waals surface area (Å²) in [7, 11) is 0. The number of halogens is 2. The average Bonchev–Trinajstić information content (AvgIpc) is 2.87. The lowest BCUT2D eigenvalue weighted by Gasteiger charge is -2.24. The van der Waals surface area contributed by atoms with E-state index in [1.165, 1.54) is 12.3 Å². The van der Waals surface area contributed by atoms with E-state index in [1.807, 2.05) is 0 Å². The van der Waals surface area contributed by atoms with Crippen molar-refractivity contribution in [2.75, 3.05) is 6.61 Å².